The minimum Gasteiger partial charge on any atom is -0.382 e. The topological polar surface area (TPSA) is 12.0 Å². The van der Waals surface area contributed by atoms with Crippen LogP contribution in [0.25, 0.3) is 0 Å². The van der Waals surface area contributed by atoms with Gasteiger partial charge < -0.3 is 5.32 Å². The zero-order valence-corrected chi connectivity index (χ0v) is 13.4. The number of anilines is 1. The number of halogens is 1. The number of fused-ring (bicyclic) bond motifs is 1. The van der Waals surface area contributed by atoms with Crippen LogP contribution >= 0.6 is 15.9 Å². The van der Waals surface area contributed by atoms with E-state index in [2.05, 4.69) is 46.4 Å². The predicted molar refractivity (Wildman–Crippen MR) is 85.6 cm³/mol. The highest BCUT2D eigenvalue weighted by Crippen LogP contribution is 2.41. The molecule has 2 heteroatoms. The molecule has 0 aliphatic heterocycles. The molecule has 0 heterocycles. The maximum atomic E-state index is 3.77. The van der Waals surface area contributed by atoms with Gasteiger partial charge in [-0.05, 0) is 61.8 Å². The lowest BCUT2D eigenvalue weighted by Crippen LogP contribution is -2.34. The van der Waals surface area contributed by atoms with Crippen LogP contribution in [0, 0.1) is 18.8 Å². The van der Waals surface area contributed by atoms with Crippen LogP contribution in [0.4, 0.5) is 5.69 Å². The zero-order valence-electron chi connectivity index (χ0n) is 11.8. The van der Waals surface area contributed by atoms with Gasteiger partial charge in [0, 0.05) is 16.2 Å². The summed E-state index contributed by atoms with van der Waals surface area (Å²) in [5.74, 6) is 2.03. The lowest BCUT2D eigenvalue weighted by atomic mass is 9.69. The first-order chi connectivity index (χ1) is 9.20. The van der Waals surface area contributed by atoms with E-state index in [-0.39, 0.29) is 0 Å². The second-order valence-corrected chi connectivity index (χ2v) is 7.39. The van der Waals surface area contributed by atoms with Crippen molar-refractivity contribution in [3.63, 3.8) is 0 Å². The Balaban J connectivity index is 1.64. The number of hydrogen-bond acceptors (Lipinski definition) is 1. The Hall–Kier alpha value is -0.500. The van der Waals surface area contributed by atoms with E-state index in [1.54, 1.807) is 0 Å². The van der Waals surface area contributed by atoms with Crippen molar-refractivity contribution in [1.82, 2.24) is 0 Å². The fourth-order valence-electron chi connectivity index (χ4n) is 4.06. The van der Waals surface area contributed by atoms with Crippen LogP contribution in [0.3, 0.4) is 0 Å². The normalized spacial score (nSPS) is 30.7. The summed E-state index contributed by atoms with van der Waals surface area (Å²) in [6, 6.07) is 7.33. The van der Waals surface area contributed by atoms with Gasteiger partial charge in [-0.2, -0.15) is 0 Å². The number of rotatable bonds is 2. The third kappa shape index (κ3) is 3.34. The molecule has 0 radical (unpaired) electrons. The molecular weight excluding hydrogens is 298 g/mol. The van der Waals surface area contributed by atoms with Crippen LogP contribution in [-0.2, 0) is 0 Å². The van der Waals surface area contributed by atoms with Crippen LogP contribution in [0.15, 0.2) is 22.7 Å². The number of benzene rings is 1. The first kappa shape index (κ1) is 13.5. The van der Waals surface area contributed by atoms with Crippen LogP contribution in [-0.4, -0.2) is 6.04 Å². The molecule has 2 fully saturated rings. The van der Waals surface area contributed by atoms with E-state index in [9.17, 15) is 0 Å². The van der Waals surface area contributed by atoms with Crippen LogP contribution in [0.1, 0.15) is 50.5 Å². The van der Waals surface area contributed by atoms with Gasteiger partial charge in [0.15, 0.2) is 0 Å². The number of nitrogens with one attached hydrogen (secondary N) is 1. The second kappa shape index (κ2) is 5.87. The van der Waals surface area contributed by atoms with Crippen molar-refractivity contribution in [1.29, 1.82) is 0 Å². The van der Waals surface area contributed by atoms with Gasteiger partial charge in [-0.3, -0.25) is 0 Å². The zero-order chi connectivity index (χ0) is 13.2. The van der Waals surface area contributed by atoms with Gasteiger partial charge in [-0.15, -0.1) is 0 Å². The molecule has 1 aromatic carbocycles. The van der Waals surface area contributed by atoms with Crippen molar-refractivity contribution in [2.24, 2.45) is 11.8 Å². The van der Waals surface area contributed by atoms with Crippen LogP contribution in [0.2, 0.25) is 0 Å². The summed E-state index contributed by atoms with van der Waals surface area (Å²) < 4.78 is 1.18. The summed E-state index contributed by atoms with van der Waals surface area (Å²) >= 11 is 3.59. The fourth-order valence-corrected chi connectivity index (χ4v) is 4.67. The molecule has 2 aliphatic rings. The minimum atomic E-state index is 0.688. The van der Waals surface area contributed by atoms with Gasteiger partial charge in [0.05, 0.1) is 0 Å². The maximum Gasteiger partial charge on any atom is 0.0356 e. The molecule has 0 bridgehead atoms. The number of aryl methyl sites for hydroxylation is 1. The quantitative estimate of drug-likeness (QED) is 0.755. The maximum absolute atomic E-state index is 3.77. The van der Waals surface area contributed by atoms with E-state index in [0.29, 0.717) is 6.04 Å². The van der Waals surface area contributed by atoms with E-state index >= 15 is 0 Å². The van der Waals surface area contributed by atoms with Crippen molar-refractivity contribution in [3.8, 4) is 0 Å². The highest BCUT2D eigenvalue weighted by Gasteiger charge is 2.31. The second-order valence-electron chi connectivity index (χ2n) is 6.48. The molecule has 2 saturated carbocycles. The third-order valence-electron chi connectivity index (χ3n) is 4.95. The molecule has 1 nitrogen and oxygen atoms in total. The van der Waals surface area contributed by atoms with E-state index in [4.69, 9.17) is 0 Å². The van der Waals surface area contributed by atoms with E-state index in [1.807, 2.05) is 0 Å². The average Bonchev–Trinajstić information content (AvgIpc) is 2.37. The van der Waals surface area contributed by atoms with Crippen molar-refractivity contribution >= 4 is 21.6 Å². The molecule has 0 saturated heterocycles. The largest absolute Gasteiger partial charge is 0.382 e. The molecule has 2 aliphatic carbocycles. The Morgan fingerprint density at radius 1 is 1.00 bits per heavy atom. The van der Waals surface area contributed by atoms with Gasteiger partial charge >= 0.3 is 0 Å². The van der Waals surface area contributed by atoms with Crippen molar-refractivity contribution in [2.75, 3.05) is 5.32 Å². The Morgan fingerprint density at radius 3 is 2.58 bits per heavy atom. The molecule has 0 amide bonds. The van der Waals surface area contributed by atoms with Crippen molar-refractivity contribution in [3.05, 3.63) is 28.2 Å². The van der Waals surface area contributed by atoms with Gasteiger partial charge in [0.1, 0.15) is 0 Å². The van der Waals surface area contributed by atoms with Crippen molar-refractivity contribution in [2.45, 2.75) is 57.9 Å². The highest BCUT2D eigenvalue weighted by molar-refractivity contribution is 9.10. The van der Waals surface area contributed by atoms with Gasteiger partial charge in [0.2, 0.25) is 0 Å². The molecule has 0 spiro atoms. The molecular formula is C17H24BrN. The molecule has 3 rings (SSSR count). The number of hydrogen-bond donors (Lipinski definition) is 1. The minimum absolute atomic E-state index is 0.688. The average molecular weight is 322 g/mol. The highest BCUT2D eigenvalue weighted by atomic mass is 79.9. The Labute approximate surface area is 125 Å². The Kier molecular flexibility index (Phi) is 4.16. The molecule has 1 aromatic rings. The summed E-state index contributed by atoms with van der Waals surface area (Å²) in [4.78, 5) is 0. The first-order valence-electron chi connectivity index (χ1n) is 7.74. The van der Waals surface area contributed by atoms with E-state index in [0.717, 1.165) is 11.8 Å². The van der Waals surface area contributed by atoms with Gasteiger partial charge in [-0.1, -0.05) is 41.6 Å². The van der Waals surface area contributed by atoms with Crippen LogP contribution in [0.5, 0.6) is 0 Å². The first-order valence-corrected chi connectivity index (χ1v) is 8.54. The molecule has 3 atom stereocenters. The smallest absolute Gasteiger partial charge is 0.0356 e. The Morgan fingerprint density at radius 2 is 1.79 bits per heavy atom. The molecule has 0 aromatic heterocycles. The summed E-state index contributed by atoms with van der Waals surface area (Å²) in [5.41, 5.74) is 2.61. The lowest BCUT2D eigenvalue weighted by molar-refractivity contribution is 0.162. The summed E-state index contributed by atoms with van der Waals surface area (Å²) in [5, 5.41) is 3.77. The predicted octanol–water partition coefficient (Wildman–Crippen LogP) is 5.53. The molecule has 3 unspecified atom stereocenters. The summed E-state index contributed by atoms with van der Waals surface area (Å²) in [6.45, 7) is 2.16. The third-order valence-corrected chi connectivity index (χ3v) is 5.41. The van der Waals surface area contributed by atoms with E-state index in [1.165, 1.54) is 60.7 Å². The lowest BCUT2D eigenvalue weighted by Gasteiger charge is -2.39. The Bertz CT molecular complexity index is 423. The monoisotopic (exact) mass is 321 g/mol. The SMILES string of the molecule is Cc1cc(Br)cc(NC2CCC3CCCCC3C2)c1. The standard InChI is InChI=1S/C17H24BrN/c1-12-8-15(18)11-17(9-12)19-16-7-6-13-4-2-3-5-14(13)10-16/h8-9,11,13-14,16,19H,2-7,10H2,1H3. The fraction of sp³-hybridized carbons (Fsp3) is 0.647. The molecule has 19 heavy (non-hydrogen) atoms. The van der Waals surface area contributed by atoms with Crippen LogP contribution < -0.4 is 5.32 Å². The van der Waals surface area contributed by atoms with Crippen molar-refractivity contribution < 1.29 is 0 Å². The molecule has 104 valence electrons. The summed E-state index contributed by atoms with van der Waals surface area (Å²) in [6.07, 6.45) is 10.1. The summed E-state index contributed by atoms with van der Waals surface area (Å²) in [7, 11) is 0. The van der Waals surface area contributed by atoms with E-state index < -0.39 is 0 Å². The molecule has 1 N–H and O–H groups in total. The van der Waals surface area contributed by atoms with Gasteiger partial charge in [-0.25, -0.2) is 0 Å². The van der Waals surface area contributed by atoms with Gasteiger partial charge in [0.25, 0.3) is 0 Å².